The monoisotopic (exact) mass is 269 g/mol. The largest absolute Gasteiger partial charge is 0.481 e. The highest BCUT2D eigenvalue weighted by Crippen LogP contribution is 2.37. The molecule has 2 aliphatic rings. The van der Waals surface area contributed by atoms with E-state index in [2.05, 4.69) is 0 Å². The summed E-state index contributed by atoms with van der Waals surface area (Å²) in [6.45, 7) is 5.56. The van der Waals surface area contributed by atoms with Crippen molar-refractivity contribution >= 4 is 12.1 Å². The summed E-state index contributed by atoms with van der Waals surface area (Å²) in [5, 5.41) is 9.17. The Morgan fingerprint density at radius 1 is 1.16 bits per heavy atom. The SMILES string of the molecule is CC(C)(C)OC(=O)N1C2CCCC1CC(C(=O)O)C2. The number of carbonyl (C=O) groups is 2. The minimum atomic E-state index is -0.735. The number of nitrogens with zero attached hydrogens (tertiary/aromatic N) is 1. The van der Waals surface area contributed by atoms with E-state index in [0.29, 0.717) is 12.8 Å². The smallest absolute Gasteiger partial charge is 0.410 e. The van der Waals surface area contributed by atoms with Crippen molar-refractivity contribution in [2.75, 3.05) is 0 Å². The van der Waals surface area contributed by atoms with Gasteiger partial charge in [0.05, 0.1) is 5.92 Å². The van der Waals surface area contributed by atoms with E-state index in [0.717, 1.165) is 19.3 Å². The topological polar surface area (TPSA) is 66.8 Å². The third-order valence-corrected chi connectivity index (χ3v) is 3.93. The Labute approximate surface area is 113 Å². The summed E-state index contributed by atoms with van der Waals surface area (Å²) in [5.74, 6) is -1.05. The molecule has 1 amide bonds. The molecule has 2 heterocycles. The molecule has 0 aromatic carbocycles. The first-order valence-corrected chi connectivity index (χ1v) is 7.02. The van der Waals surface area contributed by atoms with Crippen LogP contribution in [0.25, 0.3) is 0 Å². The van der Waals surface area contributed by atoms with Crippen LogP contribution in [-0.4, -0.2) is 39.8 Å². The summed E-state index contributed by atoms with van der Waals surface area (Å²) in [4.78, 5) is 25.2. The van der Waals surface area contributed by atoms with E-state index < -0.39 is 11.6 Å². The number of hydrogen-bond donors (Lipinski definition) is 1. The first kappa shape index (κ1) is 14.2. The third kappa shape index (κ3) is 3.19. The van der Waals surface area contributed by atoms with Gasteiger partial charge in [0.25, 0.3) is 0 Å². The molecule has 2 aliphatic heterocycles. The van der Waals surface area contributed by atoms with Crippen LogP contribution in [-0.2, 0) is 9.53 Å². The van der Waals surface area contributed by atoms with Crippen molar-refractivity contribution in [3.8, 4) is 0 Å². The molecular weight excluding hydrogens is 246 g/mol. The van der Waals surface area contributed by atoms with Gasteiger partial charge in [-0.15, -0.1) is 0 Å². The Kier molecular flexibility index (Phi) is 3.74. The summed E-state index contributed by atoms with van der Waals surface area (Å²) in [6.07, 6.45) is 3.68. The summed E-state index contributed by atoms with van der Waals surface area (Å²) in [6, 6.07) is 0.0619. The number of aliphatic carboxylic acids is 1. The van der Waals surface area contributed by atoms with Crippen LogP contribution in [0.1, 0.15) is 52.9 Å². The summed E-state index contributed by atoms with van der Waals surface area (Å²) < 4.78 is 5.45. The second kappa shape index (κ2) is 5.02. The number of carboxylic acids is 1. The van der Waals surface area contributed by atoms with E-state index in [1.54, 1.807) is 4.90 Å². The standard InChI is InChI=1S/C14H23NO4/c1-14(2,3)19-13(18)15-10-5-4-6-11(15)8-9(7-10)12(16)17/h9-11H,4-8H2,1-3H3,(H,16,17). The lowest BCUT2D eigenvalue weighted by atomic mass is 9.78. The molecule has 0 aromatic rings. The molecule has 2 saturated heterocycles. The Balaban J connectivity index is 2.10. The average Bonchev–Trinajstić information content (AvgIpc) is 2.24. The normalized spacial score (nSPS) is 30.9. The third-order valence-electron chi connectivity index (χ3n) is 3.93. The van der Waals surface area contributed by atoms with Crippen LogP contribution < -0.4 is 0 Å². The van der Waals surface area contributed by atoms with Crippen LogP contribution in [0.4, 0.5) is 4.79 Å². The van der Waals surface area contributed by atoms with Crippen LogP contribution in [0.15, 0.2) is 0 Å². The number of piperidine rings is 2. The zero-order valence-electron chi connectivity index (χ0n) is 11.9. The van der Waals surface area contributed by atoms with Gasteiger partial charge in [0.15, 0.2) is 0 Å². The highest BCUT2D eigenvalue weighted by molar-refractivity contribution is 5.73. The molecule has 5 heteroatoms. The lowest BCUT2D eigenvalue weighted by molar-refractivity contribution is -0.146. The average molecular weight is 269 g/mol. The van der Waals surface area contributed by atoms with Crippen molar-refractivity contribution in [1.29, 1.82) is 0 Å². The molecule has 2 atom stereocenters. The molecule has 2 bridgehead atoms. The van der Waals surface area contributed by atoms with Gasteiger partial charge in [0.2, 0.25) is 0 Å². The molecule has 0 radical (unpaired) electrons. The quantitative estimate of drug-likeness (QED) is 0.794. The van der Waals surface area contributed by atoms with Crippen LogP contribution in [0.2, 0.25) is 0 Å². The van der Waals surface area contributed by atoms with Crippen molar-refractivity contribution in [2.24, 2.45) is 5.92 Å². The van der Waals surface area contributed by atoms with Gasteiger partial charge in [-0.05, 0) is 52.9 Å². The molecule has 2 unspecified atom stereocenters. The minimum absolute atomic E-state index is 0.0310. The van der Waals surface area contributed by atoms with Crippen molar-refractivity contribution in [2.45, 2.75) is 70.6 Å². The highest BCUT2D eigenvalue weighted by atomic mass is 16.6. The summed E-state index contributed by atoms with van der Waals surface area (Å²) >= 11 is 0. The Morgan fingerprint density at radius 2 is 1.68 bits per heavy atom. The van der Waals surface area contributed by atoms with Crippen molar-refractivity contribution in [3.63, 3.8) is 0 Å². The predicted molar refractivity (Wildman–Crippen MR) is 69.9 cm³/mol. The Bertz CT molecular complexity index is 360. The fourth-order valence-corrected chi connectivity index (χ4v) is 3.20. The lowest BCUT2D eigenvalue weighted by Crippen LogP contribution is -2.56. The fraction of sp³-hybridized carbons (Fsp3) is 0.857. The van der Waals surface area contributed by atoms with Crippen molar-refractivity contribution < 1.29 is 19.4 Å². The summed E-state index contributed by atoms with van der Waals surface area (Å²) in [5.41, 5.74) is -0.505. The zero-order chi connectivity index (χ0) is 14.2. The molecule has 108 valence electrons. The molecule has 0 saturated carbocycles. The number of carbonyl (C=O) groups excluding carboxylic acids is 1. The zero-order valence-corrected chi connectivity index (χ0v) is 11.9. The van der Waals surface area contributed by atoms with E-state index in [-0.39, 0.29) is 24.1 Å². The maximum absolute atomic E-state index is 12.3. The number of amides is 1. The molecular formula is C14H23NO4. The number of hydrogen-bond acceptors (Lipinski definition) is 3. The van der Waals surface area contributed by atoms with Gasteiger partial charge in [0.1, 0.15) is 5.60 Å². The number of ether oxygens (including phenoxy) is 1. The predicted octanol–water partition coefficient (Wildman–Crippen LogP) is 2.64. The number of rotatable bonds is 1. The molecule has 19 heavy (non-hydrogen) atoms. The Hall–Kier alpha value is -1.26. The van der Waals surface area contributed by atoms with E-state index in [9.17, 15) is 14.7 Å². The molecule has 5 nitrogen and oxygen atoms in total. The number of fused-ring (bicyclic) bond motifs is 2. The van der Waals surface area contributed by atoms with Gasteiger partial charge in [-0.25, -0.2) is 4.79 Å². The molecule has 0 aliphatic carbocycles. The van der Waals surface area contributed by atoms with E-state index in [1.807, 2.05) is 20.8 Å². The lowest BCUT2D eigenvalue weighted by Gasteiger charge is -2.47. The fourth-order valence-electron chi connectivity index (χ4n) is 3.20. The van der Waals surface area contributed by atoms with Crippen molar-refractivity contribution in [3.05, 3.63) is 0 Å². The van der Waals surface area contributed by atoms with E-state index in [4.69, 9.17) is 4.74 Å². The van der Waals surface area contributed by atoms with Gasteiger partial charge in [-0.2, -0.15) is 0 Å². The Morgan fingerprint density at radius 3 is 2.11 bits per heavy atom. The first-order valence-electron chi connectivity index (χ1n) is 7.02. The molecule has 1 N–H and O–H groups in total. The minimum Gasteiger partial charge on any atom is -0.481 e. The first-order chi connectivity index (χ1) is 8.78. The van der Waals surface area contributed by atoms with E-state index in [1.165, 1.54) is 0 Å². The summed E-state index contributed by atoms with van der Waals surface area (Å²) in [7, 11) is 0. The maximum atomic E-state index is 12.3. The van der Waals surface area contributed by atoms with Crippen LogP contribution in [0.3, 0.4) is 0 Å². The van der Waals surface area contributed by atoms with Gasteiger partial charge in [0, 0.05) is 12.1 Å². The van der Waals surface area contributed by atoms with E-state index >= 15 is 0 Å². The van der Waals surface area contributed by atoms with Gasteiger partial charge in [-0.3, -0.25) is 4.79 Å². The molecule has 2 fully saturated rings. The van der Waals surface area contributed by atoms with Crippen molar-refractivity contribution in [1.82, 2.24) is 4.90 Å². The second-order valence-electron chi connectivity index (χ2n) is 6.63. The maximum Gasteiger partial charge on any atom is 0.410 e. The van der Waals surface area contributed by atoms with Crippen LogP contribution in [0, 0.1) is 5.92 Å². The molecule has 2 rings (SSSR count). The van der Waals surface area contributed by atoms with Crippen LogP contribution >= 0.6 is 0 Å². The highest BCUT2D eigenvalue weighted by Gasteiger charge is 2.44. The molecule has 0 spiro atoms. The van der Waals surface area contributed by atoms with Crippen LogP contribution in [0.5, 0.6) is 0 Å². The van der Waals surface area contributed by atoms with Gasteiger partial charge < -0.3 is 14.7 Å². The number of carboxylic acid groups (broad SMARTS) is 1. The van der Waals surface area contributed by atoms with Gasteiger partial charge >= 0.3 is 12.1 Å². The molecule has 0 aromatic heterocycles. The van der Waals surface area contributed by atoms with Gasteiger partial charge in [-0.1, -0.05) is 0 Å². The second-order valence-corrected chi connectivity index (χ2v) is 6.63.